The van der Waals surface area contributed by atoms with E-state index in [0.29, 0.717) is 0 Å². The number of barbiturate groups is 1. The highest BCUT2D eigenvalue weighted by Gasteiger charge is 2.56. The van der Waals surface area contributed by atoms with Gasteiger partial charge in [-0.25, -0.2) is 4.79 Å². The Morgan fingerprint density at radius 1 is 1.29 bits per heavy atom. The van der Waals surface area contributed by atoms with E-state index in [1.165, 1.54) is 7.11 Å². The number of hydrogen-bond donors (Lipinski definition) is 1. The first kappa shape index (κ1) is 16.4. The number of carbonyl (C=O) groups is 3. The van der Waals surface area contributed by atoms with Gasteiger partial charge >= 0.3 is 6.03 Å². The molecule has 2 aliphatic rings. The van der Waals surface area contributed by atoms with Gasteiger partial charge in [0, 0.05) is 26.4 Å². The van der Waals surface area contributed by atoms with Gasteiger partial charge in [0.2, 0.25) is 11.8 Å². The number of imide groups is 2. The Balaban J connectivity index is 2.00. The van der Waals surface area contributed by atoms with E-state index in [2.05, 4.69) is 5.32 Å². The van der Waals surface area contributed by atoms with Gasteiger partial charge in [0.1, 0.15) is 5.41 Å². The number of aryl methyl sites for hydroxylation is 1. The van der Waals surface area contributed by atoms with Crippen molar-refractivity contribution in [3.05, 3.63) is 29.3 Å². The smallest absolute Gasteiger partial charge is 0.330 e. The normalized spacial score (nSPS) is 23.5. The number of hydrogen-bond acceptors (Lipinski definition) is 5. The summed E-state index contributed by atoms with van der Waals surface area (Å²) in [5.74, 6) is -0.975. The average molecular weight is 331 g/mol. The molecule has 4 amide bonds. The van der Waals surface area contributed by atoms with E-state index in [1.807, 2.05) is 37.1 Å². The number of methoxy groups -OCH3 is 1. The molecule has 7 nitrogen and oxygen atoms in total. The van der Waals surface area contributed by atoms with E-state index in [1.54, 1.807) is 0 Å². The summed E-state index contributed by atoms with van der Waals surface area (Å²) in [5.41, 5.74) is 1.73. The first-order valence-corrected chi connectivity index (χ1v) is 7.86. The molecule has 1 N–H and O–H groups in total. The van der Waals surface area contributed by atoms with Gasteiger partial charge in [0.25, 0.3) is 0 Å². The highest BCUT2D eigenvalue weighted by molar-refractivity contribution is 6.20. The standard InChI is InChI=1S/C17H21N3O4/c1-11-4-5-13-12(8-11)9-17(10-19(13)2)14(21)18-16(23)20(15(17)22)6-7-24-3/h4-5,8H,6-7,9-10H2,1-3H3,(H,18,21,23). The highest BCUT2D eigenvalue weighted by atomic mass is 16.5. The third-order valence-electron chi connectivity index (χ3n) is 4.72. The maximum absolute atomic E-state index is 13.0. The van der Waals surface area contributed by atoms with Crippen LogP contribution in [-0.2, 0) is 20.7 Å². The van der Waals surface area contributed by atoms with Crippen LogP contribution in [0.15, 0.2) is 18.2 Å². The van der Waals surface area contributed by atoms with E-state index in [4.69, 9.17) is 4.74 Å². The van der Waals surface area contributed by atoms with Crippen LogP contribution in [0, 0.1) is 12.3 Å². The van der Waals surface area contributed by atoms with Crippen LogP contribution < -0.4 is 10.2 Å². The quantitative estimate of drug-likeness (QED) is 0.825. The molecule has 2 aliphatic heterocycles. The molecular formula is C17H21N3O4. The van der Waals surface area contributed by atoms with Crippen LogP contribution in [0.1, 0.15) is 11.1 Å². The Bertz CT molecular complexity index is 718. The van der Waals surface area contributed by atoms with Crippen molar-refractivity contribution in [2.75, 3.05) is 38.8 Å². The van der Waals surface area contributed by atoms with Crippen molar-refractivity contribution in [1.29, 1.82) is 0 Å². The number of benzene rings is 1. The second-order valence-electron chi connectivity index (χ2n) is 6.46. The number of rotatable bonds is 3. The van der Waals surface area contributed by atoms with Gasteiger partial charge in [0.15, 0.2) is 0 Å². The number of urea groups is 1. The number of fused-ring (bicyclic) bond motifs is 1. The lowest BCUT2D eigenvalue weighted by atomic mass is 9.74. The fourth-order valence-corrected chi connectivity index (χ4v) is 3.51. The Hall–Kier alpha value is -2.41. The Morgan fingerprint density at radius 3 is 2.75 bits per heavy atom. The highest BCUT2D eigenvalue weighted by Crippen LogP contribution is 2.39. The maximum atomic E-state index is 13.0. The molecule has 1 atom stereocenters. The second-order valence-corrected chi connectivity index (χ2v) is 6.46. The van der Waals surface area contributed by atoms with Crippen LogP contribution in [0.5, 0.6) is 0 Å². The number of amides is 4. The summed E-state index contributed by atoms with van der Waals surface area (Å²) in [7, 11) is 3.35. The Kier molecular flexibility index (Phi) is 4.04. The molecule has 1 aromatic carbocycles. The van der Waals surface area contributed by atoms with Crippen LogP contribution >= 0.6 is 0 Å². The molecule has 0 aromatic heterocycles. The number of anilines is 1. The van der Waals surface area contributed by atoms with Crippen molar-refractivity contribution in [2.45, 2.75) is 13.3 Å². The van der Waals surface area contributed by atoms with Crippen molar-refractivity contribution >= 4 is 23.5 Å². The summed E-state index contributed by atoms with van der Waals surface area (Å²) in [6.07, 6.45) is 0.287. The molecule has 0 radical (unpaired) electrons. The third-order valence-corrected chi connectivity index (χ3v) is 4.72. The Labute approximate surface area is 140 Å². The van der Waals surface area contributed by atoms with Gasteiger partial charge in [0.05, 0.1) is 13.2 Å². The lowest BCUT2D eigenvalue weighted by Gasteiger charge is -2.45. The summed E-state index contributed by atoms with van der Waals surface area (Å²) in [4.78, 5) is 40.7. The van der Waals surface area contributed by atoms with E-state index >= 15 is 0 Å². The largest absolute Gasteiger partial charge is 0.383 e. The van der Waals surface area contributed by atoms with Gasteiger partial charge in [-0.05, 0) is 25.0 Å². The second kappa shape index (κ2) is 5.90. The molecular weight excluding hydrogens is 310 g/mol. The predicted molar refractivity (Wildman–Crippen MR) is 87.7 cm³/mol. The van der Waals surface area contributed by atoms with Crippen LogP contribution in [0.3, 0.4) is 0 Å². The van der Waals surface area contributed by atoms with E-state index in [0.717, 1.165) is 21.7 Å². The molecule has 0 saturated carbocycles. The fraction of sp³-hybridized carbons (Fsp3) is 0.471. The van der Waals surface area contributed by atoms with Crippen LogP contribution in [0.2, 0.25) is 0 Å². The van der Waals surface area contributed by atoms with Crippen LogP contribution in [0.4, 0.5) is 10.5 Å². The molecule has 1 spiro atoms. The predicted octanol–water partition coefficient (Wildman–Crippen LogP) is 0.699. The number of ether oxygens (including phenoxy) is 1. The molecule has 0 bridgehead atoms. The summed E-state index contributed by atoms with van der Waals surface area (Å²) >= 11 is 0. The molecule has 1 unspecified atom stereocenters. The molecule has 2 heterocycles. The van der Waals surface area contributed by atoms with E-state index < -0.39 is 23.3 Å². The summed E-state index contributed by atoms with van der Waals surface area (Å²) in [5, 5.41) is 2.34. The maximum Gasteiger partial charge on any atom is 0.330 e. The molecule has 3 rings (SSSR count). The lowest BCUT2D eigenvalue weighted by Crippen LogP contribution is -2.68. The first-order valence-electron chi connectivity index (χ1n) is 7.86. The third kappa shape index (κ3) is 2.45. The molecule has 1 fully saturated rings. The van der Waals surface area contributed by atoms with Gasteiger partial charge in [-0.2, -0.15) is 0 Å². The molecule has 24 heavy (non-hydrogen) atoms. The number of nitrogens with zero attached hydrogens (tertiary/aromatic N) is 2. The molecule has 1 saturated heterocycles. The lowest BCUT2D eigenvalue weighted by molar-refractivity contribution is -0.151. The zero-order valence-electron chi connectivity index (χ0n) is 14.1. The van der Waals surface area contributed by atoms with Gasteiger partial charge in [-0.15, -0.1) is 0 Å². The molecule has 7 heteroatoms. The van der Waals surface area contributed by atoms with E-state index in [-0.39, 0.29) is 26.1 Å². The minimum absolute atomic E-state index is 0.126. The van der Waals surface area contributed by atoms with E-state index in [9.17, 15) is 14.4 Å². The van der Waals surface area contributed by atoms with Crippen molar-refractivity contribution in [1.82, 2.24) is 10.2 Å². The Morgan fingerprint density at radius 2 is 2.04 bits per heavy atom. The SMILES string of the molecule is COCCN1C(=O)NC(=O)C2(Cc3cc(C)ccc3N(C)C2)C1=O. The first-order chi connectivity index (χ1) is 11.4. The number of carbonyl (C=O) groups excluding carboxylic acids is 3. The monoisotopic (exact) mass is 331 g/mol. The topological polar surface area (TPSA) is 79.0 Å². The van der Waals surface area contributed by atoms with Gasteiger partial charge < -0.3 is 9.64 Å². The van der Waals surface area contributed by atoms with Crippen molar-refractivity contribution < 1.29 is 19.1 Å². The summed E-state index contributed by atoms with van der Waals surface area (Å²) in [6, 6.07) is 5.31. The molecule has 0 aliphatic carbocycles. The van der Waals surface area contributed by atoms with Gasteiger partial charge in [-0.3, -0.25) is 19.8 Å². The van der Waals surface area contributed by atoms with Crippen LogP contribution in [-0.4, -0.2) is 56.6 Å². The van der Waals surface area contributed by atoms with Gasteiger partial charge in [-0.1, -0.05) is 17.7 Å². The fourth-order valence-electron chi connectivity index (χ4n) is 3.51. The van der Waals surface area contributed by atoms with Crippen molar-refractivity contribution in [3.8, 4) is 0 Å². The van der Waals surface area contributed by atoms with Crippen LogP contribution in [0.25, 0.3) is 0 Å². The number of nitrogens with one attached hydrogen (secondary N) is 1. The van der Waals surface area contributed by atoms with Crippen molar-refractivity contribution in [2.24, 2.45) is 5.41 Å². The zero-order chi connectivity index (χ0) is 17.5. The molecule has 1 aromatic rings. The summed E-state index contributed by atoms with van der Waals surface area (Å²) < 4.78 is 4.97. The average Bonchev–Trinajstić information content (AvgIpc) is 2.53. The minimum Gasteiger partial charge on any atom is -0.383 e. The summed E-state index contributed by atoms with van der Waals surface area (Å²) in [6.45, 7) is 2.57. The van der Waals surface area contributed by atoms with Crippen molar-refractivity contribution in [3.63, 3.8) is 0 Å². The minimum atomic E-state index is -1.28. The molecule has 128 valence electrons. The zero-order valence-corrected chi connectivity index (χ0v) is 14.1.